The molecule has 3 rings (SSSR count). The Balaban J connectivity index is 2.06. The molecule has 0 aliphatic carbocycles. The number of carbonyl (C=O) groups excluding carboxylic acids is 3. The first-order valence-corrected chi connectivity index (χ1v) is 18.5. The summed E-state index contributed by atoms with van der Waals surface area (Å²) in [6, 6.07) is -0.973. The summed E-state index contributed by atoms with van der Waals surface area (Å²) in [5.41, 5.74) is 6.42. The molecule has 292 valence electrons. The number of esters is 1. The lowest BCUT2D eigenvalue weighted by atomic mass is 9.78. The summed E-state index contributed by atoms with van der Waals surface area (Å²) in [6.07, 6.45) is -1.86. The molecule has 0 spiro atoms. The summed E-state index contributed by atoms with van der Waals surface area (Å²) in [7, 11) is 7.38. The van der Waals surface area contributed by atoms with Crippen molar-refractivity contribution in [3.05, 3.63) is 10.4 Å². The Hall–Kier alpha value is -2.52. The molecule has 51 heavy (non-hydrogen) atoms. The average Bonchev–Trinajstić information content (AvgIpc) is 3.33. The van der Waals surface area contributed by atoms with Crippen LogP contribution in [0.25, 0.3) is 10.4 Å². The lowest BCUT2D eigenvalue weighted by Crippen LogP contribution is -2.61. The van der Waals surface area contributed by atoms with E-state index in [-0.39, 0.29) is 24.1 Å². The summed E-state index contributed by atoms with van der Waals surface area (Å²) >= 11 is 0. The topological polar surface area (TPSA) is 176 Å². The third-order valence-corrected chi connectivity index (χ3v) is 11.5. The predicted octanol–water partition coefficient (Wildman–Crippen LogP) is 4.40. The van der Waals surface area contributed by atoms with Gasteiger partial charge in [0.1, 0.15) is 18.1 Å². The molecule has 13 atom stereocenters. The van der Waals surface area contributed by atoms with Crippen LogP contribution in [0, 0.1) is 17.8 Å². The monoisotopic (exact) mass is 724 g/mol. The second kappa shape index (κ2) is 18.0. The maximum Gasteiger partial charge on any atom is 0.410 e. The first kappa shape index (κ1) is 42.9. The molecule has 0 radical (unpaired) electrons. The first-order valence-electron chi connectivity index (χ1n) is 18.5. The SMILES string of the molecule is CC[C@H]1OC(=O)[C@H](C)C(=O)[C@H](C)[C@@H](O[C@@H]2O[C@H](C)CC(N(C)C)[C@H]2O)[C@](C)(OC)C[C@@H](C)CN(C)[C@H](C)[C@H]2N(CCCCN=[N+]=[N-])C(=O)O[C@]12C. The highest BCUT2D eigenvalue weighted by atomic mass is 16.7. The third kappa shape index (κ3) is 9.54. The normalized spacial score (nSPS) is 40.5. The lowest BCUT2D eigenvalue weighted by Gasteiger charge is -2.47. The van der Waals surface area contributed by atoms with Gasteiger partial charge in [0.25, 0.3) is 0 Å². The minimum absolute atomic E-state index is 0.00502. The van der Waals surface area contributed by atoms with E-state index in [1.54, 1.807) is 25.9 Å². The molecule has 15 nitrogen and oxygen atoms in total. The summed E-state index contributed by atoms with van der Waals surface area (Å²) < 4.78 is 31.3. The predicted molar refractivity (Wildman–Crippen MR) is 191 cm³/mol. The molecule has 0 aromatic heterocycles. The summed E-state index contributed by atoms with van der Waals surface area (Å²) in [5.74, 6) is -3.15. The highest BCUT2D eigenvalue weighted by Crippen LogP contribution is 2.41. The van der Waals surface area contributed by atoms with Crippen molar-refractivity contribution in [2.45, 2.75) is 148 Å². The molecule has 0 aromatic carbocycles. The van der Waals surface area contributed by atoms with E-state index in [0.29, 0.717) is 51.7 Å². The van der Waals surface area contributed by atoms with Crippen LogP contribution in [-0.4, -0.2) is 146 Å². The molecule has 0 saturated carbocycles. The Morgan fingerprint density at radius 3 is 2.37 bits per heavy atom. The smallest absolute Gasteiger partial charge is 0.410 e. The number of Topliss-reactive ketones (excluding diaryl/α,β-unsaturated/α-hetero) is 1. The van der Waals surface area contributed by atoms with Gasteiger partial charge < -0.3 is 38.6 Å². The van der Waals surface area contributed by atoms with Crippen LogP contribution in [-0.2, 0) is 33.3 Å². The second-order valence-corrected chi connectivity index (χ2v) is 15.7. The number of ether oxygens (including phenoxy) is 5. The molecule has 3 aliphatic heterocycles. The van der Waals surface area contributed by atoms with Crippen molar-refractivity contribution in [2.24, 2.45) is 22.9 Å². The number of aliphatic hydroxyl groups is 1. The van der Waals surface area contributed by atoms with Gasteiger partial charge in [-0.2, -0.15) is 0 Å². The van der Waals surface area contributed by atoms with Crippen LogP contribution < -0.4 is 0 Å². The number of azide groups is 1. The molecule has 3 fully saturated rings. The Morgan fingerprint density at radius 2 is 1.78 bits per heavy atom. The number of aliphatic hydroxyl groups excluding tert-OH is 1. The van der Waals surface area contributed by atoms with Crippen LogP contribution in [0.15, 0.2) is 5.11 Å². The number of ketones is 1. The highest BCUT2D eigenvalue weighted by Gasteiger charge is 2.59. The van der Waals surface area contributed by atoms with Gasteiger partial charge in [0.2, 0.25) is 0 Å². The van der Waals surface area contributed by atoms with Crippen molar-refractivity contribution in [1.82, 2.24) is 14.7 Å². The number of carbonyl (C=O) groups is 3. The maximum atomic E-state index is 14.3. The van der Waals surface area contributed by atoms with Crippen molar-refractivity contribution < 1.29 is 43.2 Å². The zero-order chi connectivity index (χ0) is 38.4. The highest BCUT2D eigenvalue weighted by molar-refractivity contribution is 6.00. The number of hydrogen-bond donors (Lipinski definition) is 1. The Kier molecular flexibility index (Phi) is 15.1. The molecule has 0 aromatic rings. The number of amides is 1. The number of methoxy groups -OCH3 is 1. The standard InChI is InChI=1S/C36H64N6O9/c1-13-27-36(8)30(42(34(46)51-36)17-15-14-16-38-39-37)25(6)41(11)20-21(2)19-35(7,47-12)31(23(4)28(43)24(5)32(45)49-27)50-33-29(44)26(40(9)10)18-22(3)48-33/h21-27,29-31,33,44H,13-20H2,1-12H3/t21-,22-,23+,24-,25-,26?,27-,29-,30-,31-,33+,35-,36-/m1/s1. The van der Waals surface area contributed by atoms with E-state index in [1.807, 2.05) is 53.7 Å². The second-order valence-electron chi connectivity index (χ2n) is 15.7. The fourth-order valence-electron chi connectivity index (χ4n) is 8.53. The molecule has 3 heterocycles. The molecule has 3 saturated heterocycles. The van der Waals surface area contributed by atoms with E-state index >= 15 is 0 Å². The van der Waals surface area contributed by atoms with Crippen molar-refractivity contribution in [2.75, 3.05) is 47.9 Å². The van der Waals surface area contributed by atoms with Crippen molar-refractivity contribution in [3.8, 4) is 0 Å². The van der Waals surface area contributed by atoms with E-state index in [2.05, 4.69) is 21.8 Å². The molecule has 0 bridgehead atoms. The lowest BCUT2D eigenvalue weighted by molar-refractivity contribution is -0.295. The van der Waals surface area contributed by atoms with Gasteiger partial charge in [-0.15, -0.1) is 0 Å². The van der Waals surface area contributed by atoms with Crippen molar-refractivity contribution in [1.29, 1.82) is 0 Å². The van der Waals surface area contributed by atoms with Crippen LogP contribution in [0.5, 0.6) is 0 Å². The Bertz CT molecular complexity index is 1250. The van der Waals surface area contributed by atoms with E-state index in [1.165, 1.54) is 6.92 Å². The van der Waals surface area contributed by atoms with Crippen molar-refractivity contribution in [3.63, 3.8) is 0 Å². The molecular formula is C36H64N6O9. The Morgan fingerprint density at radius 1 is 1.12 bits per heavy atom. The first-order chi connectivity index (χ1) is 23.9. The molecule has 15 heteroatoms. The van der Waals surface area contributed by atoms with Crippen LogP contribution in [0.4, 0.5) is 4.79 Å². The molecule has 1 N–H and O–H groups in total. The molecular weight excluding hydrogens is 660 g/mol. The number of fused-ring (bicyclic) bond motifs is 1. The minimum atomic E-state index is -1.22. The van der Waals surface area contributed by atoms with Gasteiger partial charge in [0, 0.05) is 49.7 Å². The van der Waals surface area contributed by atoms with Crippen LogP contribution in [0.3, 0.4) is 0 Å². The molecule has 3 aliphatic rings. The fraction of sp³-hybridized carbons (Fsp3) is 0.917. The van der Waals surface area contributed by atoms with Gasteiger partial charge in [-0.25, -0.2) is 4.79 Å². The van der Waals surface area contributed by atoms with E-state index in [4.69, 9.17) is 29.2 Å². The van der Waals surface area contributed by atoms with Crippen molar-refractivity contribution >= 4 is 17.8 Å². The molecule has 1 amide bonds. The maximum absolute atomic E-state index is 14.3. The third-order valence-electron chi connectivity index (χ3n) is 11.5. The summed E-state index contributed by atoms with van der Waals surface area (Å²) in [5, 5.41) is 15.0. The van der Waals surface area contributed by atoms with Gasteiger partial charge in [-0.1, -0.05) is 25.9 Å². The average molecular weight is 725 g/mol. The summed E-state index contributed by atoms with van der Waals surface area (Å²) in [4.78, 5) is 50.4. The quantitative estimate of drug-likeness (QED) is 0.0844. The van der Waals surface area contributed by atoms with Gasteiger partial charge in [0.05, 0.1) is 23.9 Å². The zero-order valence-electron chi connectivity index (χ0n) is 32.9. The van der Waals surface area contributed by atoms with Crippen LogP contribution in [0.1, 0.15) is 87.5 Å². The van der Waals surface area contributed by atoms with Gasteiger partial charge in [0.15, 0.2) is 17.7 Å². The number of hydrogen-bond acceptors (Lipinski definition) is 12. The number of cyclic esters (lactones) is 1. The number of unbranched alkanes of at least 4 members (excludes halogenated alkanes) is 1. The fourth-order valence-corrected chi connectivity index (χ4v) is 8.53. The van der Waals surface area contributed by atoms with Gasteiger partial charge in [-0.05, 0) is 99.3 Å². The number of likely N-dealkylation sites (N-methyl/N-ethyl adjacent to an activating group) is 2. The van der Waals surface area contributed by atoms with E-state index in [0.717, 1.165) is 0 Å². The number of nitrogens with zero attached hydrogens (tertiary/aromatic N) is 6. The largest absolute Gasteiger partial charge is 0.458 e. The van der Waals surface area contributed by atoms with E-state index in [9.17, 15) is 19.5 Å². The zero-order valence-corrected chi connectivity index (χ0v) is 32.9. The van der Waals surface area contributed by atoms with Gasteiger partial charge >= 0.3 is 12.1 Å². The van der Waals surface area contributed by atoms with E-state index < -0.39 is 71.5 Å². The Labute approximate surface area is 304 Å². The van der Waals surface area contributed by atoms with Gasteiger partial charge in [-0.3, -0.25) is 14.5 Å². The van der Waals surface area contributed by atoms with Crippen LogP contribution in [0.2, 0.25) is 0 Å². The number of rotatable bonds is 10. The summed E-state index contributed by atoms with van der Waals surface area (Å²) in [6.45, 7) is 16.2. The molecule has 1 unspecified atom stereocenters. The van der Waals surface area contributed by atoms with Crippen LogP contribution >= 0.6 is 0 Å². The minimum Gasteiger partial charge on any atom is -0.458 e.